The van der Waals surface area contributed by atoms with E-state index in [1.54, 1.807) is 6.07 Å². The minimum atomic E-state index is -0.526. The van der Waals surface area contributed by atoms with Crippen LogP contribution in [0.5, 0.6) is 5.75 Å². The van der Waals surface area contributed by atoms with Gasteiger partial charge in [0.15, 0.2) is 0 Å². The van der Waals surface area contributed by atoms with E-state index in [2.05, 4.69) is 0 Å². The van der Waals surface area contributed by atoms with Crippen LogP contribution in [0.25, 0.3) is 0 Å². The summed E-state index contributed by atoms with van der Waals surface area (Å²) in [5.41, 5.74) is 6.65. The van der Waals surface area contributed by atoms with Gasteiger partial charge in [0.1, 0.15) is 11.8 Å². The van der Waals surface area contributed by atoms with Gasteiger partial charge in [-0.2, -0.15) is 5.26 Å². The van der Waals surface area contributed by atoms with E-state index in [4.69, 9.17) is 15.7 Å². The third-order valence-corrected chi connectivity index (χ3v) is 2.80. The Morgan fingerprint density at radius 1 is 1.56 bits per heavy atom. The number of ether oxygens (including phenoxy) is 1. The van der Waals surface area contributed by atoms with Crippen LogP contribution >= 0.6 is 0 Å². The van der Waals surface area contributed by atoms with Crippen molar-refractivity contribution < 1.29 is 9.53 Å². The average molecular weight is 216 g/mol. The van der Waals surface area contributed by atoms with E-state index in [0.717, 1.165) is 5.56 Å². The van der Waals surface area contributed by atoms with Gasteiger partial charge in [-0.25, -0.2) is 0 Å². The van der Waals surface area contributed by atoms with Gasteiger partial charge in [-0.1, -0.05) is 13.8 Å². The third kappa shape index (κ3) is 1.41. The Labute approximate surface area is 93.6 Å². The maximum atomic E-state index is 11.2. The Kier molecular flexibility index (Phi) is 2.13. The topological polar surface area (TPSA) is 76.1 Å². The highest BCUT2D eigenvalue weighted by atomic mass is 16.5. The van der Waals surface area contributed by atoms with Gasteiger partial charge in [0.25, 0.3) is 0 Å². The van der Waals surface area contributed by atoms with Gasteiger partial charge in [0.2, 0.25) is 5.91 Å². The molecule has 0 bridgehead atoms. The average Bonchev–Trinajstić information content (AvgIpc) is 2.54. The zero-order chi connectivity index (χ0) is 11.9. The zero-order valence-corrected chi connectivity index (χ0v) is 9.20. The van der Waals surface area contributed by atoms with E-state index < -0.39 is 5.91 Å². The number of nitrogens with two attached hydrogens (primary N) is 1. The molecule has 0 fully saturated rings. The Hall–Kier alpha value is -2.02. The first-order valence-corrected chi connectivity index (χ1v) is 4.97. The number of fused-ring (bicyclic) bond motifs is 1. The predicted molar refractivity (Wildman–Crippen MR) is 58.2 cm³/mol. The van der Waals surface area contributed by atoms with Crippen molar-refractivity contribution in [3.8, 4) is 11.8 Å². The number of amides is 1. The molecular formula is C12H12N2O2. The molecule has 0 saturated heterocycles. The number of benzene rings is 1. The summed E-state index contributed by atoms with van der Waals surface area (Å²) >= 11 is 0. The molecule has 4 nitrogen and oxygen atoms in total. The van der Waals surface area contributed by atoms with Gasteiger partial charge in [-0.05, 0) is 12.1 Å². The van der Waals surface area contributed by atoms with Crippen LogP contribution in [0.15, 0.2) is 12.1 Å². The van der Waals surface area contributed by atoms with Crippen molar-refractivity contribution in [2.75, 3.05) is 6.61 Å². The fourth-order valence-electron chi connectivity index (χ4n) is 1.84. The molecule has 0 aromatic heterocycles. The smallest absolute Gasteiger partial charge is 0.248 e. The summed E-state index contributed by atoms with van der Waals surface area (Å²) in [6, 6.07) is 5.22. The highest BCUT2D eigenvalue weighted by Gasteiger charge is 2.34. The lowest BCUT2D eigenvalue weighted by Gasteiger charge is -2.15. The summed E-state index contributed by atoms with van der Waals surface area (Å²) in [5.74, 6) is 0.0551. The Balaban J connectivity index is 2.70. The first-order chi connectivity index (χ1) is 7.45. The highest BCUT2D eigenvalue weighted by molar-refractivity contribution is 5.94. The first kappa shape index (κ1) is 10.5. The van der Waals surface area contributed by atoms with Crippen molar-refractivity contribution in [3.63, 3.8) is 0 Å². The molecule has 2 rings (SSSR count). The lowest BCUT2D eigenvalue weighted by molar-refractivity contribution is 0.1000. The van der Waals surface area contributed by atoms with Crippen LogP contribution in [0.4, 0.5) is 0 Å². The molecule has 16 heavy (non-hydrogen) atoms. The van der Waals surface area contributed by atoms with Crippen molar-refractivity contribution in [2.45, 2.75) is 19.3 Å². The number of nitriles is 1. The van der Waals surface area contributed by atoms with E-state index in [1.807, 2.05) is 19.9 Å². The largest absolute Gasteiger partial charge is 0.491 e. The predicted octanol–water partition coefficient (Wildman–Crippen LogP) is 1.33. The summed E-state index contributed by atoms with van der Waals surface area (Å²) in [6.07, 6.45) is 0. The van der Waals surface area contributed by atoms with Gasteiger partial charge in [0.05, 0.1) is 12.2 Å². The fourth-order valence-corrected chi connectivity index (χ4v) is 1.84. The summed E-state index contributed by atoms with van der Waals surface area (Å²) in [6.45, 7) is 4.52. The molecule has 1 aliphatic rings. The standard InChI is InChI=1S/C12H12N2O2/c1-12(2)6-16-10-8(5-13)3-7(11(14)15)4-9(10)12/h3-4H,6H2,1-2H3,(H2,14,15). The molecule has 1 aliphatic heterocycles. The maximum Gasteiger partial charge on any atom is 0.248 e. The summed E-state index contributed by atoms with van der Waals surface area (Å²) < 4.78 is 5.50. The van der Waals surface area contributed by atoms with Crippen molar-refractivity contribution in [3.05, 3.63) is 28.8 Å². The SMILES string of the molecule is CC1(C)COc2c(C#N)cc(C(N)=O)cc21. The van der Waals surface area contributed by atoms with E-state index in [0.29, 0.717) is 23.5 Å². The molecule has 1 amide bonds. The molecule has 0 radical (unpaired) electrons. The number of nitrogens with zero attached hydrogens (tertiary/aromatic N) is 1. The summed E-state index contributed by atoms with van der Waals surface area (Å²) in [4.78, 5) is 11.2. The number of hydrogen-bond acceptors (Lipinski definition) is 3. The highest BCUT2D eigenvalue weighted by Crippen LogP contribution is 2.41. The monoisotopic (exact) mass is 216 g/mol. The minimum Gasteiger partial charge on any atom is -0.491 e. The molecule has 0 spiro atoms. The third-order valence-electron chi connectivity index (χ3n) is 2.80. The Morgan fingerprint density at radius 2 is 2.25 bits per heavy atom. The molecule has 1 aromatic carbocycles. The van der Waals surface area contributed by atoms with Gasteiger partial charge < -0.3 is 10.5 Å². The lowest BCUT2D eigenvalue weighted by Crippen LogP contribution is -2.19. The number of carbonyl (C=O) groups excluding carboxylic acids is 1. The van der Waals surface area contributed by atoms with Crippen LogP contribution in [0.1, 0.15) is 35.3 Å². The molecule has 4 heteroatoms. The van der Waals surface area contributed by atoms with Crippen LogP contribution in [-0.2, 0) is 5.41 Å². The number of primary amides is 1. The van der Waals surface area contributed by atoms with Crippen LogP contribution in [0, 0.1) is 11.3 Å². The molecule has 82 valence electrons. The van der Waals surface area contributed by atoms with E-state index in [-0.39, 0.29) is 5.41 Å². The van der Waals surface area contributed by atoms with E-state index in [9.17, 15) is 4.79 Å². The van der Waals surface area contributed by atoms with Gasteiger partial charge in [-0.15, -0.1) is 0 Å². The molecular weight excluding hydrogens is 204 g/mol. The van der Waals surface area contributed by atoms with Crippen molar-refractivity contribution in [1.29, 1.82) is 5.26 Å². The van der Waals surface area contributed by atoms with Crippen LogP contribution in [0.2, 0.25) is 0 Å². The normalized spacial score (nSPS) is 16.1. The number of hydrogen-bond donors (Lipinski definition) is 1. The molecule has 0 saturated carbocycles. The fraction of sp³-hybridized carbons (Fsp3) is 0.333. The maximum absolute atomic E-state index is 11.2. The molecule has 2 N–H and O–H groups in total. The summed E-state index contributed by atoms with van der Waals surface area (Å²) in [7, 11) is 0. The quantitative estimate of drug-likeness (QED) is 0.769. The molecule has 0 aliphatic carbocycles. The van der Waals surface area contributed by atoms with Crippen LogP contribution < -0.4 is 10.5 Å². The minimum absolute atomic E-state index is 0.188. The molecule has 1 heterocycles. The second-order valence-corrected chi connectivity index (χ2v) is 4.55. The Morgan fingerprint density at radius 3 is 2.81 bits per heavy atom. The van der Waals surface area contributed by atoms with Crippen molar-refractivity contribution in [1.82, 2.24) is 0 Å². The molecule has 0 unspecified atom stereocenters. The Bertz CT molecular complexity index is 512. The molecule has 0 atom stereocenters. The second-order valence-electron chi connectivity index (χ2n) is 4.55. The number of carbonyl (C=O) groups is 1. The van der Waals surface area contributed by atoms with E-state index >= 15 is 0 Å². The first-order valence-electron chi connectivity index (χ1n) is 4.97. The van der Waals surface area contributed by atoms with Crippen LogP contribution in [-0.4, -0.2) is 12.5 Å². The van der Waals surface area contributed by atoms with Gasteiger partial charge >= 0.3 is 0 Å². The number of rotatable bonds is 1. The molecule has 1 aromatic rings. The van der Waals surface area contributed by atoms with Crippen molar-refractivity contribution >= 4 is 5.91 Å². The van der Waals surface area contributed by atoms with Gasteiger partial charge in [-0.3, -0.25) is 4.79 Å². The van der Waals surface area contributed by atoms with E-state index in [1.165, 1.54) is 6.07 Å². The van der Waals surface area contributed by atoms with Crippen molar-refractivity contribution in [2.24, 2.45) is 5.73 Å². The second kappa shape index (κ2) is 3.24. The zero-order valence-electron chi connectivity index (χ0n) is 9.20. The lowest BCUT2D eigenvalue weighted by atomic mass is 9.85. The summed E-state index contributed by atoms with van der Waals surface area (Å²) in [5, 5.41) is 9.00. The van der Waals surface area contributed by atoms with Gasteiger partial charge in [0, 0.05) is 16.5 Å². The van der Waals surface area contributed by atoms with Crippen LogP contribution in [0.3, 0.4) is 0 Å².